The molecule has 0 aliphatic carbocycles. The molecule has 0 unspecified atom stereocenters. The second-order valence-corrected chi connectivity index (χ2v) is 5.17. The van der Waals surface area contributed by atoms with Crippen molar-refractivity contribution in [2.45, 2.75) is 26.5 Å². The summed E-state index contributed by atoms with van der Waals surface area (Å²) in [6.07, 6.45) is 0.129. The first-order chi connectivity index (χ1) is 10.2. The Labute approximate surface area is 126 Å². The minimum absolute atomic E-state index is 0.129. The molecule has 0 heterocycles. The lowest BCUT2D eigenvalue weighted by Gasteiger charge is -2.17. The van der Waals surface area contributed by atoms with E-state index in [0.29, 0.717) is 0 Å². The van der Waals surface area contributed by atoms with Gasteiger partial charge in [0.25, 0.3) is 0 Å². The molecule has 112 valence electrons. The molecular weight excluding hydrogens is 262 g/mol. The summed E-state index contributed by atoms with van der Waals surface area (Å²) in [6.45, 7) is 5.77. The zero-order valence-corrected chi connectivity index (χ0v) is 12.9. The summed E-state index contributed by atoms with van der Waals surface area (Å²) >= 11 is 0. The molecule has 0 fully saturated rings. The summed E-state index contributed by atoms with van der Waals surface area (Å²) in [5.41, 5.74) is 2.40. The second kappa shape index (κ2) is 7.70. The van der Waals surface area contributed by atoms with E-state index < -0.39 is 0 Å². The SMILES string of the molecule is COc1ccc(CNC[C@H](C)Oc2ccccc2C)cc1. The van der Waals surface area contributed by atoms with Crippen molar-refractivity contribution >= 4 is 0 Å². The fourth-order valence-electron chi connectivity index (χ4n) is 2.11. The predicted molar refractivity (Wildman–Crippen MR) is 86.0 cm³/mol. The number of methoxy groups -OCH3 is 1. The van der Waals surface area contributed by atoms with Crippen LogP contribution in [0.2, 0.25) is 0 Å². The van der Waals surface area contributed by atoms with Gasteiger partial charge in [-0.15, -0.1) is 0 Å². The highest BCUT2D eigenvalue weighted by Crippen LogP contribution is 2.17. The second-order valence-electron chi connectivity index (χ2n) is 5.17. The van der Waals surface area contributed by atoms with Crippen LogP contribution in [0.4, 0.5) is 0 Å². The van der Waals surface area contributed by atoms with Crippen LogP contribution in [0, 0.1) is 6.92 Å². The molecule has 0 saturated carbocycles. The molecule has 1 N–H and O–H groups in total. The number of rotatable bonds is 7. The Balaban J connectivity index is 1.76. The Hall–Kier alpha value is -2.00. The number of aryl methyl sites for hydroxylation is 1. The number of hydrogen-bond donors (Lipinski definition) is 1. The smallest absolute Gasteiger partial charge is 0.122 e. The zero-order chi connectivity index (χ0) is 15.1. The zero-order valence-electron chi connectivity index (χ0n) is 12.9. The molecule has 2 rings (SSSR count). The summed E-state index contributed by atoms with van der Waals surface area (Å²) in [7, 11) is 1.68. The van der Waals surface area contributed by atoms with Crippen molar-refractivity contribution in [1.29, 1.82) is 0 Å². The molecule has 2 aromatic carbocycles. The van der Waals surface area contributed by atoms with Gasteiger partial charge in [0.1, 0.15) is 17.6 Å². The molecule has 0 saturated heterocycles. The molecule has 0 radical (unpaired) electrons. The summed E-state index contributed by atoms with van der Waals surface area (Å²) in [5.74, 6) is 1.84. The Kier molecular flexibility index (Phi) is 5.64. The number of benzene rings is 2. The van der Waals surface area contributed by atoms with Crippen LogP contribution >= 0.6 is 0 Å². The van der Waals surface area contributed by atoms with E-state index in [1.807, 2.05) is 30.3 Å². The van der Waals surface area contributed by atoms with E-state index in [0.717, 1.165) is 24.6 Å². The highest BCUT2D eigenvalue weighted by molar-refractivity contribution is 5.32. The standard InChI is InChI=1S/C18H23NO2/c1-14-6-4-5-7-18(14)21-15(2)12-19-13-16-8-10-17(20-3)11-9-16/h4-11,15,19H,12-13H2,1-3H3/t15-/m0/s1. The Morgan fingerprint density at radius 1 is 1.05 bits per heavy atom. The minimum Gasteiger partial charge on any atom is -0.497 e. The monoisotopic (exact) mass is 285 g/mol. The average molecular weight is 285 g/mol. The van der Waals surface area contributed by atoms with Crippen molar-refractivity contribution in [3.63, 3.8) is 0 Å². The third kappa shape index (κ3) is 4.80. The van der Waals surface area contributed by atoms with Gasteiger partial charge in [-0.1, -0.05) is 30.3 Å². The van der Waals surface area contributed by atoms with Gasteiger partial charge in [0.05, 0.1) is 7.11 Å². The number of ether oxygens (including phenoxy) is 2. The first-order valence-corrected chi connectivity index (χ1v) is 7.25. The highest BCUT2D eigenvalue weighted by atomic mass is 16.5. The summed E-state index contributed by atoms with van der Waals surface area (Å²) < 4.78 is 11.1. The molecule has 3 nitrogen and oxygen atoms in total. The van der Waals surface area contributed by atoms with Gasteiger partial charge in [0.2, 0.25) is 0 Å². The third-order valence-corrected chi connectivity index (χ3v) is 3.34. The lowest BCUT2D eigenvalue weighted by molar-refractivity contribution is 0.215. The first-order valence-electron chi connectivity index (χ1n) is 7.25. The van der Waals surface area contributed by atoms with Crippen LogP contribution in [0.25, 0.3) is 0 Å². The first kappa shape index (κ1) is 15.4. The maximum atomic E-state index is 5.94. The normalized spacial score (nSPS) is 12.0. The van der Waals surface area contributed by atoms with Crippen molar-refractivity contribution in [2.75, 3.05) is 13.7 Å². The highest BCUT2D eigenvalue weighted by Gasteiger charge is 2.05. The van der Waals surface area contributed by atoms with Crippen molar-refractivity contribution < 1.29 is 9.47 Å². The molecule has 0 aromatic heterocycles. The Bertz CT molecular complexity index is 551. The lowest BCUT2D eigenvalue weighted by Crippen LogP contribution is -2.28. The molecule has 21 heavy (non-hydrogen) atoms. The van der Waals surface area contributed by atoms with Crippen molar-refractivity contribution in [3.8, 4) is 11.5 Å². The van der Waals surface area contributed by atoms with E-state index in [4.69, 9.17) is 9.47 Å². The van der Waals surface area contributed by atoms with Crippen LogP contribution in [0.1, 0.15) is 18.1 Å². The largest absolute Gasteiger partial charge is 0.497 e. The number of hydrogen-bond acceptors (Lipinski definition) is 3. The molecule has 0 aliphatic heterocycles. The molecule has 1 atom stereocenters. The van der Waals surface area contributed by atoms with E-state index >= 15 is 0 Å². The van der Waals surface area contributed by atoms with Crippen LogP contribution in [0.15, 0.2) is 48.5 Å². The van der Waals surface area contributed by atoms with Gasteiger partial charge < -0.3 is 14.8 Å². The molecule has 0 amide bonds. The molecular formula is C18H23NO2. The van der Waals surface area contributed by atoms with E-state index in [1.54, 1.807) is 7.11 Å². The van der Waals surface area contributed by atoms with E-state index in [2.05, 4.69) is 37.4 Å². The van der Waals surface area contributed by atoms with Crippen molar-refractivity contribution in [1.82, 2.24) is 5.32 Å². The van der Waals surface area contributed by atoms with Gasteiger partial charge in [0, 0.05) is 13.1 Å². The molecule has 0 spiro atoms. The van der Waals surface area contributed by atoms with Crippen LogP contribution in [-0.2, 0) is 6.54 Å². The summed E-state index contributed by atoms with van der Waals surface area (Å²) in [4.78, 5) is 0. The average Bonchev–Trinajstić information content (AvgIpc) is 2.50. The topological polar surface area (TPSA) is 30.5 Å². The molecule has 3 heteroatoms. The molecule has 0 aliphatic rings. The Morgan fingerprint density at radius 2 is 1.76 bits per heavy atom. The maximum absolute atomic E-state index is 5.94. The fraction of sp³-hybridized carbons (Fsp3) is 0.333. The third-order valence-electron chi connectivity index (χ3n) is 3.34. The van der Waals surface area contributed by atoms with Gasteiger partial charge >= 0.3 is 0 Å². The summed E-state index contributed by atoms with van der Waals surface area (Å²) in [5, 5.41) is 3.41. The molecule has 0 bridgehead atoms. The predicted octanol–water partition coefficient (Wildman–Crippen LogP) is 3.56. The quantitative estimate of drug-likeness (QED) is 0.843. The molecule has 2 aromatic rings. The van der Waals surface area contributed by atoms with Gasteiger partial charge in [0.15, 0.2) is 0 Å². The van der Waals surface area contributed by atoms with Gasteiger partial charge in [-0.2, -0.15) is 0 Å². The Morgan fingerprint density at radius 3 is 2.43 bits per heavy atom. The van der Waals surface area contributed by atoms with E-state index in [9.17, 15) is 0 Å². The van der Waals surface area contributed by atoms with Gasteiger partial charge in [-0.25, -0.2) is 0 Å². The van der Waals surface area contributed by atoms with Crippen molar-refractivity contribution in [3.05, 3.63) is 59.7 Å². The van der Waals surface area contributed by atoms with Gasteiger partial charge in [-0.05, 0) is 43.2 Å². The number of para-hydroxylation sites is 1. The van der Waals surface area contributed by atoms with E-state index in [-0.39, 0.29) is 6.10 Å². The van der Waals surface area contributed by atoms with Crippen LogP contribution in [0.3, 0.4) is 0 Å². The van der Waals surface area contributed by atoms with Crippen LogP contribution < -0.4 is 14.8 Å². The number of nitrogens with one attached hydrogen (secondary N) is 1. The lowest BCUT2D eigenvalue weighted by atomic mass is 10.2. The maximum Gasteiger partial charge on any atom is 0.122 e. The van der Waals surface area contributed by atoms with Gasteiger partial charge in [-0.3, -0.25) is 0 Å². The fourth-order valence-corrected chi connectivity index (χ4v) is 2.11. The van der Waals surface area contributed by atoms with Crippen LogP contribution in [-0.4, -0.2) is 19.8 Å². The van der Waals surface area contributed by atoms with E-state index in [1.165, 1.54) is 11.1 Å². The minimum atomic E-state index is 0.129. The summed E-state index contributed by atoms with van der Waals surface area (Å²) in [6, 6.07) is 16.2. The van der Waals surface area contributed by atoms with Crippen molar-refractivity contribution in [2.24, 2.45) is 0 Å². The van der Waals surface area contributed by atoms with Crippen LogP contribution in [0.5, 0.6) is 11.5 Å².